The molecule has 0 fully saturated rings. The zero-order chi connectivity index (χ0) is 12.5. The molecule has 0 radical (unpaired) electrons. The highest BCUT2D eigenvalue weighted by molar-refractivity contribution is 5.64. The molecule has 3 rings (SSSR count). The Labute approximate surface area is 106 Å². The van der Waals surface area contributed by atoms with Crippen molar-refractivity contribution in [2.75, 3.05) is 18.7 Å². The Morgan fingerprint density at radius 3 is 2.78 bits per heavy atom. The van der Waals surface area contributed by atoms with Crippen molar-refractivity contribution in [3.05, 3.63) is 42.1 Å². The Balaban J connectivity index is 1.95. The van der Waals surface area contributed by atoms with E-state index in [1.54, 1.807) is 0 Å². The van der Waals surface area contributed by atoms with Crippen LogP contribution in [0.25, 0.3) is 0 Å². The lowest BCUT2D eigenvalue weighted by molar-refractivity contribution is 0.174. The Morgan fingerprint density at radius 2 is 1.94 bits per heavy atom. The lowest BCUT2D eigenvalue weighted by atomic mass is 10.2. The predicted molar refractivity (Wildman–Crippen MR) is 69.6 cm³/mol. The van der Waals surface area contributed by atoms with Crippen molar-refractivity contribution in [3.63, 3.8) is 0 Å². The van der Waals surface area contributed by atoms with Crippen molar-refractivity contribution in [1.82, 2.24) is 4.98 Å². The van der Waals surface area contributed by atoms with Gasteiger partial charge in [-0.1, -0.05) is 0 Å². The Morgan fingerprint density at radius 1 is 1.11 bits per heavy atom. The third-order valence-electron chi connectivity index (χ3n) is 2.99. The van der Waals surface area contributed by atoms with Crippen molar-refractivity contribution in [3.8, 4) is 11.5 Å². The highest BCUT2D eigenvalue weighted by Crippen LogP contribution is 2.36. The van der Waals surface area contributed by atoms with Crippen molar-refractivity contribution < 1.29 is 9.47 Å². The van der Waals surface area contributed by atoms with Gasteiger partial charge in [0.05, 0.1) is 0 Å². The molecule has 0 aliphatic carbocycles. The first-order chi connectivity index (χ1) is 8.74. The molecule has 1 aliphatic heterocycles. The molecule has 0 atom stereocenters. The number of benzene rings is 1. The molecule has 0 bridgehead atoms. The van der Waals surface area contributed by atoms with Gasteiger partial charge in [-0.25, -0.2) is 4.98 Å². The van der Waals surface area contributed by atoms with E-state index >= 15 is 0 Å². The topological polar surface area (TPSA) is 34.6 Å². The Bertz CT molecular complexity index is 584. The van der Waals surface area contributed by atoms with Crippen LogP contribution in [0.4, 0.5) is 11.5 Å². The summed E-state index contributed by atoms with van der Waals surface area (Å²) >= 11 is 0. The molecule has 18 heavy (non-hydrogen) atoms. The fourth-order valence-corrected chi connectivity index (χ4v) is 1.93. The van der Waals surface area contributed by atoms with E-state index < -0.39 is 0 Å². The second-order valence-corrected chi connectivity index (χ2v) is 4.29. The Hall–Kier alpha value is -2.23. The summed E-state index contributed by atoms with van der Waals surface area (Å²) in [7, 11) is 1.99. The summed E-state index contributed by atoms with van der Waals surface area (Å²) in [6, 6.07) is 9.91. The van der Waals surface area contributed by atoms with E-state index in [1.165, 1.54) is 5.56 Å². The van der Waals surface area contributed by atoms with Gasteiger partial charge < -0.3 is 14.4 Å². The molecule has 0 amide bonds. The predicted octanol–water partition coefficient (Wildman–Crippen LogP) is 2.89. The summed E-state index contributed by atoms with van der Waals surface area (Å²) < 4.78 is 10.7. The second-order valence-electron chi connectivity index (χ2n) is 4.29. The standard InChI is InChI=1S/C14H14N2O2/c1-10-5-6-15-14(7-10)16(2)11-3-4-12-13(8-11)18-9-17-12/h3-8H,9H2,1-2H3. The van der Waals surface area contributed by atoms with Gasteiger partial charge in [-0.15, -0.1) is 0 Å². The van der Waals surface area contributed by atoms with Gasteiger partial charge in [0.15, 0.2) is 11.5 Å². The number of pyridine rings is 1. The summed E-state index contributed by atoms with van der Waals surface area (Å²) in [5.41, 5.74) is 2.21. The van der Waals surface area contributed by atoms with Crippen LogP contribution in [0.3, 0.4) is 0 Å². The molecule has 0 saturated carbocycles. The van der Waals surface area contributed by atoms with E-state index in [2.05, 4.69) is 11.9 Å². The maximum atomic E-state index is 5.38. The molecule has 0 spiro atoms. The zero-order valence-corrected chi connectivity index (χ0v) is 10.4. The average Bonchev–Trinajstić information content (AvgIpc) is 2.85. The number of fused-ring (bicyclic) bond motifs is 1. The van der Waals surface area contributed by atoms with Crippen LogP contribution in [0.2, 0.25) is 0 Å². The van der Waals surface area contributed by atoms with Crippen molar-refractivity contribution in [2.45, 2.75) is 6.92 Å². The summed E-state index contributed by atoms with van der Waals surface area (Å²) in [6.07, 6.45) is 1.81. The van der Waals surface area contributed by atoms with Gasteiger partial charge in [-0.3, -0.25) is 0 Å². The number of anilines is 2. The molecule has 4 heteroatoms. The number of hydrogen-bond acceptors (Lipinski definition) is 4. The van der Waals surface area contributed by atoms with Gasteiger partial charge in [0, 0.05) is 25.0 Å². The van der Waals surface area contributed by atoms with Crippen molar-refractivity contribution in [2.24, 2.45) is 0 Å². The SMILES string of the molecule is Cc1ccnc(N(C)c2ccc3c(c2)OCO3)c1. The van der Waals surface area contributed by atoms with E-state index in [9.17, 15) is 0 Å². The van der Waals surface area contributed by atoms with Crippen LogP contribution in [0, 0.1) is 6.92 Å². The molecule has 92 valence electrons. The third kappa shape index (κ3) is 1.86. The maximum Gasteiger partial charge on any atom is 0.231 e. The first kappa shape index (κ1) is 10.9. The van der Waals surface area contributed by atoms with Crippen LogP contribution in [0.1, 0.15) is 5.56 Å². The van der Waals surface area contributed by atoms with E-state index in [4.69, 9.17) is 9.47 Å². The molecule has 2 aromatic rings. The minimum Gasteiger partial charge on any atom is -0.454 e. The lowest BCUT2D eigenvalue weighted by Gasteiger charge is -2.18. The summed E-state index contributed by atoms with van der Waals surface area (Å²) in [5.74, 6) is 2.49. The fraction of sp³-hybridized carbons (Fsp3) is 0.214. The molecular weight excluding hydrogens is 228 g/mol. The average molecular weight is 242 g/mol. The first-order valence-corrected chi connectivity index (χ1v) is 5.80. The van der Waals surface area contributed by atoms with E-state index in [-0.39, 0.29) is 0 Å². The number of nitrogens with zero attached hydrogens (tertiary/aromatic N) is 2. The van der Waals surface area contributed by atoms with Gasteiger partial charge in [0.2, 0.25) is 6.79 Å². The summed E-state index contributed by atoms with van der Waals surface area (Å²) in [4.78, 5) is 6.39. The minimum absolute atomic E-state index is 0.297. The number of ether oxygens (including phenoxy) is 2. The second kappa shape index (κ2) is 4.22. The molecule has 0 N–H and O–H groups in total. The smallest absolute Gasteiger partial charge is 0.231 e. The quantitative estimate of drug-likeness (QED) is 0.811. The van der Waals surface area contributed by atoms with Crippen LogP contribution in [0.15, 0.2) is 36.5 Å². The Kier molecular flexibility index (Phi) is 2.55. The number of aromatic nitrogens is 1. The molecular formula is C14H14N2O2. The van der Waals surface area contributed by atoms with Crippen LogP contribution in [-0.2, 0) is 0 Å². The monoisotopic (exact) mass is 242 g/mol. The molecule has 0 saturated heterocycles. The fourth-order valence-electron chi connectivity index (χ4n) is 1.93. The molecule has 4 nitrogen and oxygen atoms in total. The first-order valence-electron chi connectivity index (χ1n) is 5.80. The molecule has 1 aromatic carbocycles. The van der Waals surface area contributed by atoms with Crippen LogP contribution < -0.4 is 14.4 Å². The lowest BCUT2D eigenvalue weighted by Crippen LogP contribution is -2.11. The summed E-state index contributed by atoms with van der Waals surface area (Å²) in [5, 5.41) is 0. The molecule has 2 heterocycles. The zero-order valence-electron chi connectivity index (χ0n) is 10.4. The summed E-state index contributed by atoms with van der Waals surface area (Å²) in [6.45, 7) is 2.35. The van der Waals surface area contributed by atoms with Crippen molar-refractivity contribution >= 4 is 11.5 Å². The van der Waals surface area contributed by atoms with Gasteiger partial charge in [-0.05, 0) is 36.8 Å². The highest BCUT2D eigenvalue weighted by atomic mass is 16.7. The largest absolute Gasteiger partial charge is 0.454 e. The maximum absolute atomic E-state index is 5.38. The van der Waals surface area contributed by atoms with Gasteiger partial charge in [0.25, 0.3) is 0 Å². The highest BCUT2D eigenvalue weighted by Gasteiger charge is 2.15. The minimum atomic E-state index is 0.297. The molecule has 1 aliphatic rings. The number of aryl methyl sites for hydroxylation is 1. The third-order valence-corrected chi connectivity index (χ3v) is 2.99. The number of hydrogen-bond donors (Lipinski definition) is 0. The van der Waals surface area contributed by atoms with Crippen LogP contribution >= 0.6 is 0 Å². The number of rotatable bonds is 2. The van der Waals surface area contributed by atoms with E-state index in [1.807, 2.05) is 48.5 Å². The van der Waals surface area contributed by atoms with Crippen LogP contribution in [0.5, 0.6) is 11.5 Å². The molecule has 0 unspecified atom stereocenters. The molecule has 1 aromatic heterocycles. The van der Waals surface area contributed by atoms with Crippen LogP contribution in [-0.4, -0.2) is 18.8 Å². The van der Waals surface area contributed by atoms with Gasteiger partial charge >= 0.3 is 0 Å². The normalized spacial score (nSPS) is 12.6. The van der Waals surface area contributed by atoms with Crippen molar-refractivity contribution in [1.29, 1.82) is 0 Å². The van der Waals surface area contributed by atoms with E-state index in [0.29, 0.717) is 6.79 Å². The van der Waals surface area contributed by atoms with Gasteiger partial charge in [0.1, 0.15) is 5.82 Å². The van der Waals surface area contributed by atoms with Gasteiger partial charge in [-0.2, -0.15) is 0 Å². The van der Waals surface area contributed by atoms with E-state index in [0.717, 1.165) is 23.0 Å².